The van der Waals surface area contributed by atoms with Crippen molar-refractivity contribution >= 4 is 21.4 Å². The van der Waals surface area contributed by atoms with Gasteiger partial charge in [-0.2, -0.15) is 0 Å². The summed E-state index contributed by atoms with van der Waals surface area (Å²) in [5, 5.41) is 0.0156. The van der Waals surface area contributed by atoms with E-state index in [1.165, 1.54) is 6.26 Å². The standard InChI is InChI=1S/C11H15ClN2O2S/c1-17(15,16)10-9(11(10,14)6-13)7-2-4-8(12)5-3-7/h2-5,9-10H,6,13-14H2,1H3/t9-,10-,11-/m0/s1. The van der Waals surface area contributed by atoms with Gasteiger partial charge in [0.2, 0.25) is 0 Å². The zero-order valence-corrected chi connectivity index (χ0v) is 11.0. The van der Waals surface area contributed by atoms with E-state index in [1.54, 1.807) is 24.3 Å². The van der Waals surface area contributed by atoms with Crippen LogP contribution >= 0.6 is 11.6 Å². The van der Waals surface area contributed by atoms with E-state index in [4.69, 9.17) is 23.1 Å². The average molecular weight is 275 g/mol. The maximum Gasteiger partial charge on any atom is 0.152 e. The molecule has 0 amide bonds. The van der Waals surface area contributed by atoms with Crippen LogP contribution in [-0.4, -0.2) is 32.0 Å². The van der Waals surface area contributed by atoms with Crippen molar-refractivity contribution in [1.29, 1.82) is 0 Å². The van der Waals surface area contributed by atoms with Crippen molar-refractivity contribution in [2.24, 2.45) is 11.5 Å². The van der Waals surface area contributed by atoms with Crippen LogP contribution in [0.5, 0.6) is 0 Å². The van der Waals surface area contributed by atoms with Crippen LogP contribution < -0.4 is 11.5 Å². The van der Waals surface area contributed by atoms with Gasteiger partial charge in [0.25, 0.3) is 0 Å². The molecule has 1 aliphatic carbocycles. The third-order valence-corrected chi connectivity index (χ3v) is 5.23. The first kappa shape index (κ1) is 12.8. The van der Waals surface area contributed by atoms with E-state index in [0.29, 0.717) is 5.02 Å². The Morgan fingerprint density at radius 1 is 1.35 bits per heavy atom. The minimum Gasteiger partial charge on any atom is -0.329 e. The molecule has 1 aromatic rings. The Kier molecular flexibility index (Phi) is 2.98. The fourth-order valence-electron chi connectivity index (χ4n) is 2.47. The highest BCUT2D eigenvalue weighted by Gasteiger charge is 2.67. The molecule has 0 saturated heterocycles. The second kappa shape index (κ2) is 3.95. The van der Waals surface area contributed by atoms with E-state index in [1.807, 2.05) is 0 Å². The predicted octanol–water partition coefficient (Wildman–Crippen LogP) is 0.507. The van der Waals surface area contributed by atoms with Crippen LogP contribution in [0.3, 0.4) is 0 Å². The molecule has 3 atom stereocenters. The van der Waals surface area contributed by atoms with Crippen molar-refractivity contribution < 1.29 is 8.42 Å². The molecular formula is C11H15ClN2O2S. The van der Waals surface area contributed by atoms with Gasteiger partial charge in [-0.25, -0.2) is 8.42 Å². The van der Waals surface area contributed by atoms with Gasteiger partial charge in [0.15, 0.2) is 9.84 Å². The highest BCUT2D eigenvalue weighted by atomic mass is 35.5. The molecule has 1 saturated carbocycles. The SMILES string of the molecule is CS(=O)(=O)[C@H]1[C@H](c2ccc(Cl)cc2)[C@@]1(N)CN. The maximum absolute atomic E-state index is 11.7. The minimum atomic E-state index is -3.19. The third-order valence-electron chi connectivity index (χ3n) is 3.35. The van der Waals surface area contributed by atoms with Gasteiger partial charge >= 0.3 is 0 Å². The first-order valence-electron chi connectivity index (χ1n) is 5.24. The van der Waals surface area contributed by atoms with E-state index in [2.05, 4.69) is 0 Å². The van der Waals surface area contributed by atoms with E-state index in [9.17, 15) is 8.42 Å². The van der Waals surface area contributed by atoms with Crippen molar-refractivity contribution in [2.75, 3.05) is 12.8 Å². The third kappa shape index (κ3) is 2.08. The zero-order chi connectivity index (χ0) is 12.8. The summed E-state index contributed by atoms with van der Waals surface area (Å²) in [6.07, 6.45) is 1.20. The normalized spacial score (nSPS) is 32.5. The van der Waals surface area contributed by atoms with Crippen molar-refractivity contribution in [1.82, 2.24) is 0 Å². The second-order valence-electron chi connectivity index (χ2n) is 4.60. The fraction of sp³-hybridized carbons (Fsp3) is 0.455. The highest BCUT2D eigenvalue weighted by molar-refractivity contribution is 7.91. The first-order chi connectivity index (χ1) is 7.80. The van der Waals surface area contributed by atoms with Crippen LogP contribution in [0, 0.1) is 0 Å². The molecule has 1 fully saturated rings. The monoisotopic (exact) mass is 274 g/mol. The molecule has 0 bridgehead atoms. The molecule has 2 rings (SSSR count). The number of hydrogen-bond acceptors (Lipinski definition) is 4. The van der Waals surface area contributed by atoms with Crippen LogP contribution in [0.4, 0.5) is 0 Å². The highest BCUT2D eigenvalue weighted by Crippen LogP contribution is 2.53. The van der Waals surface area contributed by atoms with E-state index < -0.39 is 20.6 Å². The topological polar surface area (TPSA) is 86.2 Å². The summed E-state index contributed by atoms with van der Waals surface area (Å²) in [5.41, 5.74) is 11.7. The molecule has 1 aromatic carbocycles. The van der Waals surface area contributed by atoms with Crippen molar-refractivity contribution in [3.63, 3.8) is 0 Å². The second-order valence-corrected chi connectivity index (χ2v) is 7.20. The molecule has 0 aliphatic heterocycles. The predicted molar refractivity (Wildman–Crippen MR) is 68.8 cm³/mol. The molecule has 4 nitrogen and oxygen atoms in total. The quantitative estimate of drug-likeness (QED) is 0.841. The molecule has 94 valence electrons. The molecule has 0 heterocycles. The Balaban J connectivity index is 2.37. The van der Waals surface area contributed by atoms with Crippen LogP contribution in [0.1, 0.15) is 11.5 Å². The van der Waals surface area contributed by atoms with Gasteiger partial charge < -0.3 is 11.5 Å². The summed E-state index contributed by atoms with van der Waals surface area (Å²) >= 11 is 5.79. The molecule has 1 aliphatic rings. The number of nitrogens with two attached hydrogens (primary N) is 2. The van der Waals surface area contributed by atoms with Crippen molar-refractivity contribution in [2.45, 2.75) is 16.7 Å². The van der Waals surface area contributed by atoms with Gasteiger partial charge in [-0.05, 0) is 17.7 Å². The molecule has 0 unspecified atom stereocenters. The van der Waals surface area contributed by atoms with Crippen LogP contribution in [0.15, 0.2) is 24.3 Å². The van der Waals surface area contributed by atoms with E-state index in [0.717, 1.165) is 5.56 Å². The summed E-state index contributed by atoms with van der Waals surface area (Å²) < 4.78 is 23.3. The van der Waals surface area contributed by atoms with Gasteiger partial charge in [0.1, 0.15) is 0 Å². The lowest BCUT2D eigenvalue weighted by Crippen LogP contribution is -2.38. The summed E-state index contributed by atoms with van der Waals surface area (Å²) in [6.45, 7) is 0.151. The Bertz CT molecular complexity index is 529. The molecule has 4 N–H and O–H groups in total. The van der Waals surface area contributed by atoms with Crippen LogP contribution in [-0.2, 0) is 9.84 Å². The van der Waals surface area contributed by atoms with Gasteiger partial charge in [-0.3, -0.25) is 0 Å². The number of benzene rings is 1. The lowest BCUT2D eigenvalue weighted by atomic mass is 10.1. The number of halogens is 1. The Labute approximate surface area is 106 Å². The largest absolute Gasteiger partial charge is 0.329 e. The average Bonchev–Trinajstić information content (AvgIpc) is 2.87. The van der Waals surface area contributed by atoms with Crippen molar-refractivity contribution in [3.05, 3.63) is 34.9 Å². The summed E-state index contributed by atoms with van der Waals surface area (Å²) in [7, 11) is -3.19. The molecule has 0 radical (unpaired) electrons. The van der Waals surface area contributed by atoms with Gasteiger partial charge in [0.05, 0.1) is 10.8 Å². The Morgan fingerprint density at radius 3 is 2.24 bits per heavy atom. The Morgan fingerprint density at radius 2 is 1.88 bits per heavy atom. The van der Waals surface area contributed by atoms with E-state index >= 15 is 0 Å². The van der Waals surface area contributed by atoms with Gasteiger partial charge in [-0.15, -0.1) is 0 Å². The minimum absolute atomic E-state index is 0.151. The molecule has 17 heavy (non-hydrogen) atoms. The lowest BCUT2D eigenvalue weighted by molar-refractivity contribution is 0.591. The molecule has 0 aromatic heterocycles. The summed E-state index contributed by atoms with van der Waals surface area (Å²) in [5.74, 6) is -0.236. The Hall–Kier alpha value is -0.620. The smallest absolute Gasteiger partial charge is 0.152 e. The van der Waals surface area contributed by atoms with Gasteiger partial charge in [0, 0.05) is 23.7 Å². The number of rotatable bonds is 3. The molecule has 0 spiro atoms. The van der Waals surface area contributed by atoms with Crippen molar-refractivity contribution in [3.8, 4) is 0 Å². The number of hydrogen-bond donors (Lipinski definition) is 2. The summed E-state index contributed by atoms with van der Waals surface area (Å²) in [4.78, 5) is 0. The molecular weight excluding hydrogens is 260 g/mol. The summed E-state index contributed by atoms with van der Waals surface area (Å²) in [6, 6.07) is 7.06. The first-order valence-corrected chi connectivity index (χ1v) is 7.57. The van der Waals surface area contributed by atoms with Crippen LogP contribution in [0.25, 0.3) is 0 Å². The van der Waals surface area contributed by atoms with Gasteiger partial charge in [-0.1, -0.05) is 23.7 Å². The number of sulfone groups is 1. The fourth-order valence-corrected chi connectivity index (χ4v) is 4.46. The van der Waals surface area contributed by atoms with E-state index in [-0.39, 0.29) is 12.5 Å². The zero-order valence-electron chi connectivity index (χ0n) is 9.43. The lowest BCUT2D eigenvalue weighted by Gasteiger charge is -2.07. The maximum atomic E-state index is 11.7. The molecule has 6 heteroatoms. The van der Waals surface area contributed by atoms with Crippen LogP contribution in [0.2, 0.25) is 5.02 Å².